The van der Waals surface area contributed by atoms with Gasteiger partial charge in [-0.2, -0.15) is 5.26 Å². The predicted octanol–water partition coefficient (Wildman–Crippen LogP) is 6.50. The maximum absolute atomic E-state index is 11.2. The summed E-state index contributed by atoms with van der Waals surface area (Å²) in [5, 5.41) is 24.7. The number of rotatable bonds is 6. The fraction of sp³-hybridized carbons (Fsp3) is 0. The van der Waals surface area contributed by atoms with Gasteiger partial charge in [0.25, 0.3) is 5.69 Å². The van der Waals surface area contributed by atoms with Crippen molar-refractivity contribution in [2.75, 3.05) is 5.32 Å². The summed E-state index contributed by atoms with van der Waals surface area (Å²) < 4.78 is 5.70. The van der Waals surface area contributed by atoms with E-state index in [1.165, 1.54) is 30.4 Å². The van der Waals surface area contributed by atoms with Crippen molar-refractivity contribution in [2.45, 2.75) is 4.90 Å². The molecular formula is C22H13ClN4O3S. The van der Waals surface area contributed by atoms with Gasteiger partial charge in [-0.25, -0.2) is 0 Å². The average molecular weight is 449 g/mol. The molecule has 4 rings (SSSR count). The summed E-state index contributed by atoms with van der Waals surface area (Å²) in [6, 6.07) is 21.1. The van der Waals surface area contributed by atoms with Gasteiger partial charge in [0.15, 0.2) is 5.75 Å². The molecule has 0 aliphatic heterocycles. The number of fused-ring (bicyclic) bond motifs is 1. The van der Waals surface area contributed by atoms with Gasteiger partial charge >= 0.3 is 0 Å². The Labute approximate surface area is 186 Å². The zero-order chi connectivity index (χ0) is 21.8. The second-order valence-electron chi connectivity index (χ2n) is 6.37. The van der Waals surface area contributed by atoms with E-state index in [0.29, 0.717) is 33.0 Å². The molecule has 0 spiro atoms. The van der Waals surface area contributed by atoms with E-state index in [4.69, 9.17) is 15.8 Å². The van der Waals surface area contributed by atoms with Crippen LogP contribution in [0.25, 0.3) is 10.9 Å². The molecule has 0 atom stereocenters. The van der Waals surface area contributed by atoms with Crippen LogP contribution < -0.4 is 9.50 Å². The summed E-state index contributed by atoms with van der Waals surface area (Å²) in [5.74, 6) is 0.483. The molecule has 3 aromatic carbocycles. The molecule has 0 unspecified atom stereocenters. The van der Waals surface area contributed by atoms with E-state index in [1.807, 2.05) is 30.3 Å². The minimum Gasteiger partial charge on any atom is -0.419 e. The standard InChI is InChI=1S/C22H13ClN4O3S/c23-19-10-15(6-9-21(19)30-31-17-4-2-1-3-5-17)26-22-14(12-24)13-25-20-8-7-16(27(28)29)11-18(20)22/h1-11,13H,(H,25,26). The van der Waals surface area contributed by atoms with Crippen molar-refractivity contribution in [1.82, 2.24) is 4.98 Å². The van der Waals surface area contributed by atoms with Crippen LogP contribution in [0.1, 0.15) is 5.56 Å². The second kappa shape index (κ2) is 8.92. The Kier molecular flexibility index (Phi) is 5.89. The SMILES string of the molecule is N#Cc1cnc2ccc([N+](=O)[O-])cc2c1Nc1ccc(OSc2ccccc2)c(Cl)c1. The molecule has 4 aromatic rings. The van der Waals surface area contributed by atoms with Gasteiger partial charge in [-0.1, -0.05) is 29.8 Å². The first-order chi connectivity index (χ1) is 15.0. The lowest BCUT2D eigenvalue weighted by molar-refractivity contribution is -0.384. The zero-order valence-electron chi connectivity index (χ0n) is 15.8. The first-order valence-corrected chi connectivity index (χ1v) is 10.1. The first-order valence-electron chi connectivity index (χ1n) is 8.98. The van der Waals surface area contributed by atoms with Gasteiger partial charge in [-0.15, -0.1) is 0 Å². The lowest BCUT2D eigenvalue weighted by Crippen LogP contribution is -1.98. The highest BCUT2D eigenvalue weighted by Crippen LogP contribution is 2.35. The van der Waals surface area contributed by atoms with Crippen LogP contribution in [-0.4, -0.2) is 9.91 Å². The van der Waals surface area contributed by atoms with E-state index in [2.05, 4.69) is 16.4 Å². The molecule has 0 bridgehead atoms. The van der Waals surface area contributed by atoms with Crippen molar-refractivity contribution in [3.8, 4) is 11.8 Å². The fourth-order valence-corrected chi connectivity index (χ4v) is 3.74. The zero-order valence-corrected chi connectivity index (χ0v) is 17.4. The van der Waals surface area contributed by atoms with Gasteiger partial charge in [0.2, 0.25) is 0 Å². The lowest BCUT2D eigenvalue weighted by atomic mass is 10.1. The van der Waals surface area contributed by atoms with Gasteiger partial charge in [0.1, 0.15) is 6.07 Å². The van der Waals surface area contributed by atoms with Gasteiger partial charge < -0.3 is 9.50 Å². The number of nitro benzene ring substituents is 1. The van der Waals surface area contributed by atoms with E-state index >= 15 is 0 Å². The van der Waals surface area contributed by atoms with Crippen molar-refractivity contribution in [2.24, 2.45) is 0 Å². The van der Waals surface area contributed by atoms with Crippen molar-refractivity contribution in [1.29, 1.82) is 5.26 Å². The molecule has 1 N–H and O–H groups in total. The van der Waals surface area contributed by atoms with E-state index in [0.717, 1.165) is 4.90 Å². The summed E-state index contributed by atoms with van der Waals surface area (Å²) in [6.07, 6.45) is 1.42. The van der Waals surface area contributed by atoms with E-state index < -0.39 is 4.92 Å². The number of pyridine rings is 1. The lowest BCUT2D eigenvalue weighted by Gasteiger charge is -2.13. The molecule has 7 nitrogen and oxygen atoms in total. The number of anilines is 2. The molecule has 0 saturated heterocycles. The van der Waals surface area contributed by atoms with Crippen molar-refractivity contribution in [3.05, 3.63) is 93.6 Å². The normalized spacial score (nSPS) is 10.5. The highest BCUT2D eigenvalue weighted by atomic mass is 35.5. The van der Waals surface area contributed by atoms with Gasteiger partial charge in [-0.3, -0.25) is 15.1 Å². The number of non-ortho nitro benzene ring substituents is 1. The Morgan fingerprint density at radius 3 is 2.65 bits per heavy atom. The second-order valence-corrected chi connectivity index (χ2v) is 7.58. The number of benzene rings is 3. The molecular weight excluding hydrogens is 436 g/mol. The van der Waals surface area contributed by atoms with Crippen LogP contribution in [0.3, 0.4) is 0 Å². The third-order valence-corrected chi connectivity index (χ3v) is 5.38. The monoisotopic (exact) mass is 448 g/mol. The first kappa shape index (κ1) is 20.5. The molecule has 0 aliphatic rings. The number of halogens is 1. The molecule has 9 heteroatoms. The number of nitrogens with zero attached hydrogens (tertiary/aromatic N) is 3. The van der Waals surface area contributed by atoms with Crippen molar-refractivity contribution in [3.63, 3.8) is 0 Å². The smallest absolute Gasteiger partial charge is 0.270 e. The summed E-state index contributed by atoms with van der Waals surface area (Å²) in [6.45, 7) is 0. The number of nitriles is 1. The van der Waals surface area contributed by atoms with E-state index in [1.54, 1.807) is 24.3 Å². The van der Waals surface area contributed by atoms with Crippen LogP contribution in [0.2, 0.25) is 5.02 Å². The maximum atomic E-state index is 11.2. The topological polar surface area (TPSA) is 101 Å². The minimum atomic E-state index is -0.490. The summed E-state index contributed by atoms with van der Waals surface area (Å²) in [4.78, 5) is 15.8. The predicted molar refractivity (Wildman–Crippen MR) is 121 cm³/mol. The molecule has 0 fully saturated rings. The molecule has 0 amide bonds. The molecule has 31 heavy (non-hydrogen) atoms. The number of aromatic nitrogens is 1. The van der Waals surface area contributed by atoms with Gasteiger partial charge in [0.05, 0.1) is 38.8 Å². The van der Waals surface area contributed by atoms with E-state index in [-0.39, 0.29) is 11.3 Å². The van der Waals surface area contributed by atoms with Crippen LogP contribution >= 0.6 is 23.6 Å². The fourth-order valence-electron chi connectivity index (χ4n) is 2.87. The molecule has 1 heterocycles. The minimum absolute atomic E-state index is 0.0906. The van der Waals surface area contributed by atoms with Crippen LogP contribution in [0.15, 0.2) is 77.8 Å². The number of hydrogen-bond acceptors (Lipinski definition) is 7. The third kappa shape index (κ3) is 4.53. The molecule has 152 valence electrons. The Balaban J connectivity index is 1.64. The molecule has 0 saturated carbocycles. The van der Waals surface area contributed by atoms with Crippen LogP contribution in [0, 0.1) is 21.4 Å². The highest BCUT2D eigenvalue weighted by Gasteiger charge is 2.14. The van der Waals surface area contributed by atoms with Gasteiger partial charge in [-0.05, 0) is 36.4 Å². The Morgan fingerprint density at radius 2 is 1.94 bits per heavy atom. The van der Waals surface area contributed by atoms with E-state index in [9.17, 15) is 15.4 Å². The quantitative estimate of drug-likeness (QED) is 0.204. The maximum Gasteiger partial charge on any atom is 0.270 e. The van der Waals surface area contributed by atoms with Crippen LogP contribution in [-0.2, 0) is 0 Å². The summed E-state index contributed by atoms with van der Waals surface area (Å²) in [7, 11) is 0. The Hall–Kier alpha value is -3.80. The Bertz CT molecular complexity index is 1330. The molecule has 0 radical (unpaired) electrons. The summed E-state index contributed by atoms with van der Waals surface area (Å²) >= 11 is 7.57. The summed E-state index contributed by atoms with van der Waals surface area (Å²) in [5.41, 5.74) is 1.70. The highest BCUT2D eigenvalue weighted by molar-refractivity contribution is 7.95. The third-order valence-electron chi connectivity index (χ3n) is 4.35. The van der Waals surface area contributed by atoms with Gasteiger partial charge in [0, 0.05) is 34.3 Å². The van der Waals surface area contributed by atoms with Crippen LogP contribution in [0.4, 0.5) is 17.1 Å². The molecule has 0 aliphatic carbocycles. The molecule has 1 aromatic heterocycles. The number of hydrogen-bond donors (Lipinski definition) is 1. The van der Waals surface area contributed by atoms with Crippen molar-refractivity contribution >= 4 is 51.6 Å². The van der Waals surface area contributed by atoms with Crippen LogP contribution in [0.5, 0.6) is 5.75 Å². The average Bonchev–Trinajstić information content (AvgIpc) is 2.79. The van der Waals surface area contributed by atoms with Crippen molar-refractivity contribution < 1.29 is 9.11 Å². The largest absolute Gasteiger partial charge is 0.419 e. The Morgan fingerprint density at radius 1 is 1.13 bits per heavy atom. The number of nitrogens with one attached hydrogen (secondary N) is 1. The number of nitro groups is 1.